The van der Waals surface area contributed by atoms with Gasteiger partial charge in [0.1, 0.15) is 5.71 Å². The molecule has 0 radical (unpaired) electrons. The molecule has 0 saturated carbocycles. The van der Waals surface area contributed by atoms with Crippen molar-refractivity contribution in [1.29, 1.82) is 0 Å². The van der Waals surface area contributed by atoms with Crippen molar-refractivity contribution in [1.82, 2.24) is 10.7 Å². The minimum atomic E-state index is -0.766. The van der Waals surface area contributed by atoms with E-state index in [0.717, 1.165) is 5.56 Å². The lowest BCUT2D eigenvalue weighted by Gasteiger charge is -2.16. The number of esters is 1. The second kappa shape index (κ2) is 8.72. The highest BCUT2D eigenvalue weighted by molar-refractivity contribution is 6.37. The van der Waals surface area contributed by atoms with Gasteiger partial charge in [0.05, 0.1) is 6.04 Å². The quantitative estimate of drug-likeness (QED) is 0.681. The van der Waals surface area contributed by atoms with Gasteiger partial charge in [-0.05, 0) is 18.9 Å². The maximum atomic E-state index is 11.9. The normalized spacial score (nSPS) is 14.8. The van der Waals surface area contributed by atoms with Gasteiger partial charge in [-0.1, -0.05) is 30.3 Å². The molecule has 2 rings (SSSR count). The molecule has 25 heavy (non-hydrogen) atoms. The van der Waals surface area contributed by atoms with Crippen LogP contribution in [0.15, 0.2) is 35.4 Å². The van der Waals surface area contributed by atoms with Crippen molar-refractivity contribution in [3.63, 3.8) is 0 Å². The van der Waals surface area contributed by atoms with Gasteiger partial charge in [0, 0.05) is 12.8 Å². The zero-order valence-electron chi connectivity index (χ0n) is 13.8. The van der Waals surface area contributed by atoms with Crippen molar-refractivity contribution in [3.05, 3.63) is 35.9 Å². The third-order valence-corrected chi connectivity index (χ3v) is 3.58. The smallest absolute Gasteiger partial charge is 0.355 e. The first-order valence-electron chi connectivity index (χ1n) is 7.82. The second-order valence-corrected chi connectivity index (χ2v) is 5.59. The molecule has 8 heteroatoms. The van der Waals surface area contributed by atoms with Crippen LogP contribution in [-0.2, 0) is 30.3 Å². The van der Waals surface area contributed by atoms with E-state index in [0.29, 0.717) is 6.42 Å². The molecular weight excluding hydrogens is 326 g/mol. The summed E-state index contributed by atoms with van der Waals surface area (Å²) in [6.07, 6.45) is 0.661. The zero-order valence-corrected chi connectivity index (χ0v) is 13.8. The second-order valence-electron chi connectivity index (χ2n) is 5.59. The van der Waals surface area contributed by atoms with Crippen LogP contribution in [0, 0.1) is 0 Å². The van der Waals surface area contributed by atoms with Crippen molar-refractivity contribution in [2.75, 3.05) is 6.61 Å². The molecule has 0 aliphatic carbocycles. The summed E-state index contributed by atoms with van der Waals surface area (Å²) in [5.41, 5.74) is 3.14. The first kappa shape index (κ1) is 18.3. The summed E-state index contributed by atoms with van der Waals surface area (Å²) in [6, 6.07) is 8.58. The fourth-order valence-electron chi connectivity index (χ4n) is 2.22. The van der Waals surface area contributed by atoms with Crippen LogP contribution < -0.4 is 10.7 Å². The Morgan fingerprint density at radius 1 is 1.24 bits per heavy atom. The number of nitrogens with one attached hydrogen (secondary N) is 2. The molecule has 0 fully saturated rings. The zero-order chi connectivity index (χ0) is 18.2. The molecule has 1 aliphatic heterocycles. The summed E-state index contributed by atoms with van der Waals surface area (Å²) in [7, 11) is 0. The van der Waals surface area contributed by atoms with Crippen LogP contribution in [0.3, 0.4) is 0 Å². The Kier molecular flexibility index (Phi) is 6.39. The van der Waals surface area contributed by atoms with Gasteiger partial charge < -0.3 is 10.1 Å². The number of hydrogen-bond donors (Lipinski definition) is 2. The Morgan fingerprint density at radius 3 is 2.56 bits per heavy atom. The summed E-state index contributed by atoms with van der Waals surface area (Å²) in [5, 5.41) is 6.15. The average Bonchev–Trinajstić information content (AvgIpc) is 2.60. The summed E-state index contributed by atoms with van der Waals surface area (Å²) < 4.78 is 4.87. The van der Waals surface area contributed by atoms with E-state index in [9.17, 15) is 19.2 Å². The molecule has 1 heterocycles. The lowest BCUT2D eigenvalue weighted by atomic mass is 10.0. The van der Waals surface area contributed by atoms with Crippen molar-refractivity contribution < 1.29 is 23.9 Å². The largest absolute Gasteiger partial charge is 0.451 e. The number of benzene rings is 1. The number of nitrogens with zero attached hydrogens (tertiary/aromatic N) is 1. The van der Waals surface area contributed by atoms with Crippen LogP contribution in [0.4, 0.5) is 0 Å². The van der Waals surface area contributed by atoms with E-state index < -0.39 is 24.5 Å². The summed E-state index contributed by atoms with van der Waals surface area (Å²) in [6.45, 7) is 0.865. The van der Waals surface area contributed by atoms with E-state index in [1.165, 1.54) is 6.92 Å². The lowest BCUT2D eigenvalue weighted by Crippen LogP contribution is -2.43. The minimum Gasteiger partial charge on any atom is -0.451 e. The number of ether oxygens (including phenoxy) is 1. The number of Topliss-reactive ketones (excluding diaryl/α,β-unsaturated/α-hetero) is 1. The van der Waals surface area contributed by atoms with Gasteiger partial charge in [0.15, 0.2) is 12.4 Å². The van der Waals surface area contributed by atoms with E-state index in [1.807, 2.05) is 30.3 Å². The van der Waals surface area contributed by atoms with Gasteiger partial charge in [0.2, 0.25) is 5.91 Å². The van der Waals surface area contributed by atoms with Gasteiger partial charge in [-0.15, -0.1) is 0 Å². The number of ketones is 1. The SMILES string of the molecule is CC(=O)[C@@H](Cc1ccccc1)NC(=O)COC(=O)C1=NNC(=O)CC1. The van der Waals surface area contributed by atoms with Crippen molar-refractivity contribution in [2.45, 2.75) is 32.2 Å². The van der Waals surface area contributed by atoms with E-state index >= 15 is 0 Å². The molecule has 0 unspecified atom stereocenters. The van der Waals surface area contributed by atoms with Gasteiger partial charge in [-0.3, -0.25) is 14.4 Å². The topological polar surface area (TPSA) is 114 Å². The lowest BCUT2D eigenvalue weighted by molar-refractivity contribution is -0.143. The van der Waals surface area contributed by atoms with Crippen LogP contribution >= 0.6 is 0 Å². The van der Waals surface area contributed by atoms with E-state index in [4.69, 9.17) is 4.74 Å². The minimum absolute atomic E-state index is 0.0554. The van der Waals surface area contributed by atoms with Crippen molar-refractivity contribution >= 4 is 29.3 Å². The third-order valence-electron chi connectivity index (χ3n) is 3.58. The molecule has 0 saturated heterocycles. The number of amides is 2. The van der Waals surface area contributed by atoms with Crippen LogP contribution in [-0.4, -0.2) is 41.9 Å². The molecule has 2 amide bonds. The molecule has 1 aromatic carbocycles. The average molecular weight is 345 g/mol. The van der Waals surface area contributed by atoms with Gasteiger partial charge in [-0.25, -0.2) is 10.2 Å². The number of carbonyl (C=O) groups is 4. The third kappa shape index (κ3) is 5.83. The molecule has 1 aliphatic rings. The number of hydrazone groups is 1. The fourth-order valence-corrected chi connectivity index (χ4v) is 2.22. The maximum Gasteiger partial charge on any atom is 0.355 e. The number of rotatable bonds is 7. The van der Waals surface area contributed by atoms with E-state index in [-0.39, 0.29) is 30.2 Å². The highest BCUT2D eigenvalue weighted by Crippen LogP contribution is 2.05. The Balaban J connectivity index is 1.84. The Morgan fingerprint density at radius 2 is 1.96 bits per heavy atom. The monoisotopic (exact) mass is 345 g/mol. The first-order valence-corrected chi connectivity index (χ1v) is 7.82. The molecule has 0 aromatic heterocycles. The summed E-state index contributed by atoms with van der Waals surface area (Å²) >= 11 is 0. The highest BCUT2D eigenvalue weighted by Gasteiger charge is 2.22. The summed E-state index contributed by atoms with van der Waals surface area (Å²) in [5.74, 6) is -1.81. The van der Waals surface area contributed by atoms with Gasteiger partial charge in [-0.2, -0.15) is 5.10 Å². The first-order chi connectivity index (χ1) is 12.0. The predicted molar refractivity (Wildman–Crippen MR) is 88.5 cm³/mol. The summed E-state index contributed by atoms with van der Waals surface area (Å²) in [4.78, 5) is 46.4. The Bertz CT molecular complexity index is 699. The van der Waals surface area contributed by atoms with E-state index in [1.54, 1.807) is 0 Å². The van der Waals surface area contributed by atoms with Crippen LogP contribution in [0.25, 0.3) is 0 Å². The number of hydrogen-bond acceptors (Lipinski definition) is 6. The number of carbonyl (C=O) groups excluding carboxylic acids is 4. The van der Waals surface area contributed by atoms with Crippen LogP contribution in [0.1, 0.15) is 25.3 Å². The van der Waals surface area contributed by atoms with Gasteiger partial charge in [0.25, 0.3) is 5.91 Å². The predicted octanol–water partition coefficient (Wildman–Crippen LogP) is 0.112. The van der Waals surface area contributed by atoms with E-state index in [2.05, 4.69) is 15.8 Å². The molecule has 2 N–H and O–H groups in total. The van der Waals surface area contributed by atoms with Crippen molar-refractivity contribution in [3.8, 4) is 0 Å². The van der Waals surface area contributed by atoms with Gasteiger partial charge >= 0.3 is 5.97 Å². The fraction of sp³-hybridized carbons (Fsp3) is 0.353. The Labute approximate surface area is 144 Å². The molecular formula is C17H19N3O5. The van der Waals surface area contributed by atoms with Crippen LogP contribution in [0.5, 0.6) is 0 Å². The molecule has 0 spiro atoms. The molecule has 8 nitrogen and oxygen atoms in total. The maximum absolute atomic E-state index is 11.9. The van der Waals surface area contributed by atoms with Crippen LogP contribution in [0.2, 0.25) is 0 Å². The highest BCUT2D eigenvalue weighted by atomic mass is 16.5. The molecule has 132 valence electrons. The molecule has 0 bridgehead atoms. The van der Waals surface area contributed by atoms with Crippen molar-refractivity contribution in [2.24, 2.45) is 5.10 Å². The Hall–Kier alpha value is -3.03. The molecule has 1 aromatic rings. The molecule has 1 atom stereocenters. The standard InChI is InChI=1S/C17H19N3O5/c1-11(21)14(9-12-5-3-2-4-6-12)18-16(23)10-25-17(24)13-7-8-15(22)20-19-13/h2-6,14H,7-10H2,1H3,(H,18,23)(H,20,22)/t14-/m1/s1.